The Morgan fingerprint density at radius 3 is 2.21 bits per heavy atom. The lowest BCUT2D eigenvalue weighted by Gasteiger charge is -2.05. The van der Waals surface area contributed by atoms with E-state index in [1.165, 1.54) is 0 Å². The quantitative estimate of drug-likeness (QED) is 0.672. The van der Waals surface area contributed by atoms with E-state index in [-0.39, 0.29) is 0 Å². The molecule has 0 aliphatic heterocycles. The van der Waals surface area contributed by atoms with Crippen LogP contribution in [-0.2, 0) is 0 Å². The molecule has 0 aliphatic carbocycles. The second kappa shape index (κ2) is 5.24. The Bertz CT molecular complexity index is 659. The van der Waals surface area contributed by atoms with Crippen molar-refractivity contribution >= 4 is 11.3 Å². The van der Waals surface area contributed by atoms with Crippen LogP contribution in [0.3, 0.4) is 0 Å². The van der Waals surface area contributed by atoms with Gasteiger partial charge in [0.2, 0.25) is 0 Å². The van der Waals surface area contributed by atoms with Crippen molar-refractivity contribution in [2.45, 2.75) is 6.92 Å². The molecule has 0 saturated heterocycles. The predicted molar refractivity (Wildman–Crippen MR) is 78.8 cm³/mol. The van der Waals surface area contributed by atoms with Gasteiger partial charge in [-0.1, -0.05) is 18.2 Å². The third kappa shape index (κ3) is 2.83. The summed E-state index contributed by atoms with van der Waals surface area (Å²) in [6.07, 6.45) is 0. The number of thiazole rings is 1. The molecule has 0 bridgehead atoms. The van der Waals surface area contributed by atoms with E-state index in [0.29, 0.717) is 0 Å². The van der Waals surface area contributed by atoms with Gasteiger partial charge in [0, 0.05) is 10.9 Å². The highest BCUT2D eigenvalue weighted by molar-refractivity contribution is 7.09. The highest BCUT2D eigenvalue weighted by atomic mass is 32.1. The van der Waals surface area contributed by atoms with Crippen LogP contribution in [0, 0.1) is 6.92 Å². The molecule has 3 rings (SSSR count). The molecule has 0 amide bonds. The summed E-state index contributed by atoms with van der Waals surface area (Å²) >= 11 is 1.66. The maximum absolute atomic E-state index is 5.76. The average Bonchev–Trinajstić information content (AvgIpc) is 2.87. The third-order valence-corrected chi connectivity index (χ3v) is 3.52. The van der Waals surface area contributed by atoms with Crippen LogP contribution < -0.4 is 4.74 Å². The van der Waals surface area contributed by atoms with Gasteiger partial charge in [-0.15, -0.1) is 11.3 Å². The molecule has 1 heterocycles. The molecule has 3 heteroatoms. The van der Waals surface area contributed by atoms with Crippen molar-refractivity contribution in [1.29, 1.82) is 0 Å². The molecule has 94 valence electrons. The number of para-hydroxylation sites is 1. The van der Waals surface area contributed by atoms with Gasteiger partial charge in [0.05, 0.1) is 10.7 Å². The summed E-state index contributed by atoms with van der Waals surface area (Å²) in [5, 5.41) is 3.15. The van der Waals surface area contributed by atoms with Crippen LogP contribution >= 0.6 is 11.3 Å². The number of hydrogen-bond donors (Lipinski definition) is 0. The zero-order valence-electron chi connectivity index (χ0n) is 10.5. The first-order valence-corrected chi connectivity index (χ1v) is 6.95. The fourth-order valence-corrected chi connectivity index (χ4v) is 2.44. The van der Waals surface area contributed by atoms with E-state index in [1.54, 1.807) is 11.3 Å². The largest absolute Gasteiger partial charge is 0.457 e. The second-order valence-electron chi connectivity index (χ2n) is 4.19. The van der Waals surface area contributed by atoms with Crippen molar-refractivity contribution in [1.82, 2.24) is 4.98 Å². The zero-order valence-corrected chi connectivity index (χ0v) is 11.4. The fourth-order valence-electron chi connectivity index (χ4n) is 1.81. The van der Waals surface area contributed by atoms with E-state index >= 15 is 0 Å². The van der Waals surface area contributed by atoms with Crippen LogP contribution in [0.4, 0.5) is 0 Å². The van der Waals surface area contributed by atoms with Gasteiger partial charge < -0.3 is 4.74 Å². The number of benzene rings is 2. The molecule has 0 atom stereocenters. The highest BCUT2D eigenvalue weighted by Crippen LogP contribution is 2.26. The van der Waals surface area contributed by atoms with E-state index in [4.69, 9.17) is 4.74 Å². The molecule has 0 aliphatic rings. The van der Waals surface area contributed by atoms with Gasteiger partial charge in [0.15, 0.2) is 0 Å². The van der Waals surface area contributed by atoms with Gasteiger partial charge in [-0.3, -0.25) is 0 Å². The van der Waals surface area contributed by atoms with Gasteiger partial charge in [0.25, 0.3) is 0 Å². The lowest BCUT2D eigenvalue weighted by Crippen LogP contribution is -1.84. The maximum Gasteiger partial charge on any atom is 0.127 e. The normalized spacial score (nSPS) is 10.4. The summed E-state index contributed by atoms with van der Waals surface area (Å²) in [5.41, 5.74) is 2.14. The molecule has 0 saturated carbocycles. The van der Waals surface area contributed by atoms with Gasteiger partial charge >= 0.3 is 0 Å². The molecule has 0 N–H and O–H groups in total. The van der Waals surface area contributed by atoms with Crippen molar-refractivity contribution in [3.05, 3.63) is 65.0 Å². The number of ether oxygens (including phenoxy) is 1. The van der Waals surface area contributed by atoms with Crippen LogP contribution in [0.25, 0.3) is 11.3 Å². The molecule has 2 nitrogen and oxygen atoms in total. The maximum atomic E-state index is 5.76. The summed E-state index contributed by atoms with van der Waals surface area (Å²) in [6, 6.07) is 17.8. The topological polar surface area (TPSA) is 22.1 Å². The van der Waals surface area contributed by atoms with Crippen molar-refractivity contribution < 1.29 is 4.74 Å². The first kappa shape index (κ1) is 11.9. The van der Waals surface area contributed by atoms with Crippen LogP contribution in [0.2, 0.25) is 0 Å². The Balaban J connectivity index is 1.79. The minimum Gasteiger partial charge on any atom is -0.457 e. The van der Waals surface area contributed by atoms with Crippen molar-refractivity contribution in [3.8, 4) is 22.8 Å². The number of aryl methyl sites for hydroxylation is 1. The summed E-state index contributed by atoms with van der Waals surface area (Å²) in [6.45, 7) is 2.01. The molecular weight excluding hydrogens is 254 g/mol. The van der Waals surface area contributed by atoms with Crippen LogP contribution in [-0.4, -0.2) is 4.98 Å². The van der Waals surface area contributed by atoms with Crippen molar-refractivity contribution in [2.24, 2.45) is 0 Å². The number of rotatable bonds is 3. The Kier molecular flexibility index (Phi) is 3.29. The van der Waals surface area contributed by atoms with E-state index in [2.05, 4.69) is 10.4 Å². The second-order valence-corrected chi connectivity index (χ2v) is 5.25. The summed E-state index contributed by atoms with van der Waals surface area (Å²) in [4.78, 5) is 4.47. The monoisotopic (exact) mass is 267 g/mol. The Labute approximate surface area is 116 Å². The minimum atomic E-state index is 0.835. The molecule has 0 spiro atoms. The highest BCUT2D eigenvalue weighted by Gasteiger charge is 2.02. The number of nitrogens with zero attached hydrogens (tertiary/aromatic N) is 1. The number of aromatic nitrogens is 1. The first-order valence-electron chi connectivity index (χ1n) is 6.07. The summed E-state index contributed by atoms with van der Waals surface area (Å²) < 4.78 is 5.76. The molecule has 0 radical (unpaired) electrons. The standard InChI is InChI=1S/C16H13NOS/c1-12-17-16(11-19-12)13-7-9-15(10-8-13)18-14-5-3-2-4-6-14/h2-11H,1H3. The smallest absolute Gasteiger partial charge is 0.127 e. The molecular formula is C16H13NOS. The zero-order chi connectivity index (χ0) is 13.1. The van der Waals surface area contributed by atoms with E-state index in [1.807, 2.05) is 61.5 Å². The van der Waals surface area contributed by atoms with Gasteiger partial charge in [-0.25, -0.2) is 4.98 Å². The molecule has 19 heavy (non-hydrogen) atoms. The lowest BCUT2D eigenvalue weighted by atomic mass is 10.2. The SMILES string of the molecule is Cc1nc(-c2ccc(Oc3ccccc3)cc2)cs1. The Morgan fingerprint density at radius 1 is 0.895 bits per heavy atom. The predicted octanol–water partition coefficient (Wildman–Crippen LogP) is 4.91. The summed E-state index contributed by atoms with van der Waals surface area (Å²) in [5.74, 6) is 1.68. The van der Waals surface area contributed by atoms with E-state index < -0.39 is 0 Å². The van der Waals surface area contributed by atoms with E-state index in [9.17, 15) is 0 Å². The first-order chi connectivity index (χ1) is 9.31. The minimum absolute atomic E-state index is 0.835. The van der Waals surface area contributed by atoms with Crippen molar-refractivity contribution in [2.75, 3.05) is 0 Å². The average molecular weight is 267 g/mol. The number of hydrogen-bond acceptors (Lipinski definition) is 3. The molecule has 3 aromatic rings. The fraction of sp³-hybridized carbons (Fsp3) is 0.0625. The molecule has 2 aromatic carbocycles. The molecule has 0 fully saturated rings. The van der Waals surface area contributed by atoms with Gasteiger partial charge in [-0.2, -0.15) is 0 Å². The van der Waals surface area contributed by atoms with Crippen LogP contribution in [0.1, 0.15) is 5.01 Å². The van der Waals surface area contributed by atoms with Crippen molar-refractivity contribution in [3.63, 3.8) is 0 Å². The third-order valence-electron chi connectivity index (χ3n) is 2.75. The van der Waals surface area contributed by atoms with E-state index in [0.717, 1.165) is 27.8 Å². The Morgan fingerprint density at radius 2 is 1.58 bits per heavy atom. The van der Waals surface area contributed by atoms with Crippen LogP contribution in [0.5, 0.6) is 11.5 Å². The molecule has 1 aromatic heterocycles. The summed E-state index contributed by atoms with van der Waals surface area (Å²) in [7, 11) is 0. The Hall–Kier alpha value is -2.13. The van der Waals surface area contributed by atoms with Gasteiger partial charge in [0.1, 0.15) is 11.5 Å². The van der Waals surface area contributed by atoms with Crippen LogP contribution in [0.15, 0.2) is 60.0 Å². The van der Waals surface area contributed by atoms with Gasteiger partial charge in [-0.05, 0) is 43.3 Å². The lowest BCUT2D eigenvalue weighted by molar-refractivity contribution is 0.483. The molecule has 0 unspecified atom stereocenters.